The van der Waals surface area contributed by atoms with Gasteiger partial charge in [0.1, 0.15) is 0 Å². The molecular weight excluding hydrogens is 302 g/mol. The van der Waals surface area contributed by atoms with Crippen LogP contribution in [0.25, 0.3) is 0 Å². The molecule has 0 spiro atoms. The summed E-state index contributed by atoms with van der Waals surface area (Å²) in [6.07, 6.45) is 1.58. The Bertz CT molecular complexity index is 716. The van der Waals surface area contributed by atoms with Crippen LogP contribution in [0.4, 0.5) is 5.69 Å². The molecule has 1 aromatic carbocycles. The van der Waals surface area contributed by atoms with Gasteiger partial charge < -0.3 is 14.8 Å². The second-order valence-corrected chi connectivity index (χ2v) is 4.54. The van der Waals surface area contributed by atoms with Gasteiger partial charge in [-0.3, -0.25) is 14.9 Å². The number of nitrogens with zero attached hydrogens (tertiary/aromatic N) is 2. The molecule has 0 saturated carbocycles. The van der Waals surface area contributed by atoms with E-state index in [1.807, 2.05) is 0 Å². The largest absolute Gasteiger partial charge is 0.490 e. The number of amides is 1. The molecule has 1 amide bonds. The fraction of sp³-hybridized carbons (Fsp3) is 0.200. The minimum Gasteiger partial charge on any atom is -0.490 e. The summed E-state index contributed by atoms with van der Waals surface area (Å²) in [5, 5.41) is 13.6. The maximum Gasteiger partial charge on any atom is 0.311 e. The lowest BCUT2D eigenvalue weighted by Crippen LogP contribution is -2.23. The molecule has 8 nitrogen and oxygen atoms in total. The number of hydrogen-bond donors (Lipinski definition) is 1. The van der Waals surface area contributed by atoms with Crippen molar-refractivity contribution in [3.63, 3.8) is 0 Å². The Morgan fingerprint density at radius 1 is 1.26 bits per heavy atom. The van der Waals surface area contributed by atoms with Gasteiger partial charge >= 0.3 is 5.69 Å². The number of pyridine rings is 1. The maximum atomic E-state index is 12.1. The van der Waals surface area contributed by atoms with Gasteiger partial charge in [0, 0.05) is 30.4 Å². The van der Waals surface area contributed by atoms with Crippen molar-refractivity contribution in [2.45, 2.75) is 6.54 Å². The van der Waals surface area contributed by atoms with E-state index in [1.165, 1.54) is 32.4 Å². The molecule has 1 heterocycles. The van der Waals surface area contributed by atoms with Crippen LogP contribution in [-0.4, -0.2) is 30.0 Å². The summed E-state index contributed by atoms with van der Waals surface area (Å²) < 4.78 is 9.85. The summed E-state index contributed by atoms with van der Waals surface area (Å²) in [5.74, 6) is 0.156. The summed E-state index contributed by atoms with van der Waals surface area (Å²) in [6.45, 7) is 0.246. The number of nitrogens with one attached hydrogen (secondary N) is 1. The summed E-state index contributed by atoms with van der Waals surface area (Å²) >= 11 is 0. The number of benzene rings is 1. The summed E-state index contributed by atoms with van der Waals surface area (Å²) in [7, 11) is 2.85. The van der Waals surface area contributed by atoms with E-state index in [-0.39, 0.29) is 23.5 Å². The Kier molecular flexibility index (Phi) is 5.08. The molecule has 1 N–H and O–H groups in total. The Hall–Kier alpha value is -3.16. The van der Waals surface area contributed by atoms with Crippen molar-refractivity contribution in [2.24, 2.45) is 0 Å². The van der Waals surface area contributed by atoms with Crippen molar-refractivity contribution in [3.8, 4) is 11.6 Å². The fourth-order valence-corrected chi connectivity index (χ4v) is 1.89. The van der Waals surface area contributed by atoms with Crippen LogP contribution < -0.4 is 14.8 Å². The molecule has 0 fully saturated rings. The van der Waals surface area contributed by atoms with Crippen molar-refractivity contribution in [1.29, 1.82) is 0 Å². The van der Waals surface area contributed by atoms with Crippen molar-refractivity contribution in [3.05, 3.63) is 57.8 Å². The van der Waals surface area contributed by atoms with Crippen LogP contribution in [0.15, 0.2) is 36.5 Å². The number of carbonyl (C=O) groups excluding carboxylic acids is 1. The molecule has 1 aromatic heterocycles. The molecule has 0 aliphatic rings. The monoisotopic (exact) mass is 317 g/mol. The first kappa shape index (κ1) is 16.2. The van der Waals surface area contributed by atoms with Crippen LogP contribution in [0.1, 0.15) is 15.9 Å². The molecule has 0 aliphatic carbocycles. The zero-order chi connectivity index (χ0) is 16.8. The minimum absolute atomic E-state index is 0.103. The van der Waals surface area contributed by atoms with Crippen LogP contribution in [0.3, 0.4) is 0 Å². The van der Waals surface area contributed by atoms with E-state index in [4.69, 9.17) is 9.47 Å². The third-order valence-corrected chi connectivity index (χ3v) is 3.10. The SMILES string of the molecule is COc1ccc(CNC(=O)c2ccc(OC)c([N+](=O)[O-])c2)cn1. The fourth-order valence-electron chi connectivity index (χ4n) is 1.89. The smallest absolute Gasteiger partial charge is 0.311 e. The number of aromatic nitrogens is 1. The predicted molar refractivity (Wildman–Crippen MR) is 81.6 cm³/mol. The lowest BCUT2D eigenvalue weighted by molar-refractivity contribution is -0.385. The Morgan fingerprint density at radius 3 is 2.61 bits per heavy atom. The van der Waals surface area contributed by atoms with Crippen molar-refractivity contribution >= 4 is 11.6 Å². The van der Waals surface area contributed by atoms with E-state index in [0.29, 0.717) is 5.88 Å². The lowest BCUT2D eigenvalue weighted by atomic mass is 10.1. The van der Waals surface area contributed by atoms with Gasteiger partial charge in [0.25, 0.3) is 5.91 Å². The number of hydrogen-bond acceptors (Lipinski definition) is 6. The number of ether oxygens (including phenoxy) is 2. The zero-order valence-electron chi connectivity index (χ0n) is 12.6. The van der Waals surface area contributed by atoms with Gasteiger partial charge in [-0.25, -0.2) is 4.98 Å². The van der Waals surface area contributed by atoms with Gasteiger partial charge in [-0.15, -0.1) is 0 Å². The Labute approximate surface area is 132 Å². The van der Waals surface area contributed by atoms with Crippen LogP contribution >= 0.6 is 0 Å². The normalized spacial score (nSPS) is 10.0. The van der Waals surface area contributed by atoms with E-state index in [2.05, 4.69) is 10.3 Å². The second-order valence-electron chi connectivity index (χ2n) is 4.54. The molecule has 2 rings (SSSR count). The number of carbonyl (C=O) groups is 1. The summed E-state index contributed by atoms with van der Waals surface area (Å²) in [4.78, 5) is 26.5. The number of rotatable bonds is 6. The first-order chi connectivity index (χ1) is 11.0. The Morgan fingerprint density at radius 2 is 2.04 bits per heavy atom. The number of methoxy groups -OCH3 is 2. The van der Waals surface area contributed by atoms with Crippen LogP contribution in [0.5, 0.6) is 11.6 Å². The van der Waals surface area contributed by atoms with Crippen LogP contribution in [0.2, 0.25) is 0 Å². The van der Waals surface area contributed by atoms with Crippen molar-refractivity contribution < 1.29 is 19.2 Å². The standard InChI is InChI=1S/C15H15N3O5/c1-22-13-5-4-11(7-12(13)18(20)21)15(19)17-9-10-3-6-14(23-2)16-8-10/h3-8H,9H2,1-2H3,(H,17,19). The highest BCUT2D eigenvalue weighted by Gasteiger charge is 2.18. The molecule has 2 aromatic rings. The van der Waals surface area contributed by atoms with E-state index in [0.717, 1.165) is 5.56 Å². The highest BCUT2D eigenvalue weighted by Crippen LogP contribution is 2.27. The van der Waals surface area contributed by atoms with Gasteiger partial charge in [0.05, 0.1) is 19.1 Å². The third kappa shape index (κ3) is 3.94. The lowest BCUT2D eigenvalue weighted by Gasteiger charge is -2.07. The van der Waals surface area contributed by atoms with Crippen molar-refractivity contribution in [2.75, 3.05) is 14.2 Å². The highest BCUT2D eigenvalue weighted by atomic mass is 16.6. The van der Waals surface area contributed by atoms with Crippen LogP contribution in [0, 0.1) is 10.1 Å². The summed E-state index contributed by atoms with van der Waals surface area (Å²) in [5.41, 5.74) is 0.701. The zero-order valence-corrected chi connectivity index (χ0v) is 12.6. The average Bonchev–Trinajstić information content (AvgIpc) is 2.59. The first-order valence-corrected chi connectivity index (χ1v) is 6.64. The molecule has 0 saturated heterocycles. The van der Waals surface area contributed by atoms with Gasteiger partial charge in [-0.1, -0.05) is 6.07 Å². The number of nitro groups is 1. The van der Waals surface area contributed by atoms with E-state index < -0.39 is 10.8 Å². The molecule has 0 radical (unpaired) electrons. The third-order valence-electron chi connectivity index (χ3n) is 3.10. The average molecular weight is 317 g/mol. The van der Waals surface area contributed by atoms with E-state index in [9.17, 15) is 14.9 Å². The molecule has 120 valence electrons. The minimum atomic E-state index is -0.594. The van der Waals surface area contributed by atoms with Crippen LogP contribution in [-0.2, 0) is 6.54 Å². The summed E-state index contributed by atoms with van der Waals surface area (Å²) in [6, 6.07) is 7.48. The molecule has 8 heteroatoms. The van der Waals surface area contributed by atoms with Gasteiger partial charge in [-0.05, 0) is 17.7 Å². The van der Waals surface area contributed by atoms with Gasteiger partial charge in [0.2, 0.25) is 5.88 Å². The molecular formula is C15H15N3O5. The molecule has 0 atom stereocenters. The van der Waals surface area contributed by atoms with Gasteiger partial charge in [-0.2, -0.15) is 0 Å². The highest BCUT2D eigenvalue weighted by molar-refractivity contribution is 5.95. The van der Waals surface area contributed by atoms with E-state index in [1.54, 1.807) is 18.3 Å². The maximum absolute atomic E-state index is 12.1. The second kappa shape index (κ2) is 7.21. The number of nitro benzene ring substituents is 1. The first-order valence-electron chi connectivity index (χ1n) is 6.64. The van der Waals surface area contributed by atoms with E-state index >= 15 is 0 Å². The molecule has 0 unspecified atom stereocenters. The molecule has 0 bridgehead atoms. The molecule has 0 aliphatic heterocycles. The van der Waals surface area contributed by atoms with Crippen molar-refractivity contribution in [1.82, 2.24) is 10.3 Å². The predicted octanol–water partition coefficient (Wildman–Crippen LogP) is 1.94. The molecule has 23 heavy (non-hydrogen) atoms. The van der Waals surface area contributed by atoms with Gasteiger partial charge in [0.15, 0.2) is 5.75 Å². The Balaban J connectivity index is 2.08. The quantitative estimate of drug-likeness (QED) is 0.645. The topological polar surface area (TPSA) is 104 Å².